The predicted octanol–water partition coefficient (Wildman–Crippen LogP) is 2.39. The van der Waals surface area contributed by atoms with Gasteiger partial charge in [-0.3, -0.25) is 14.6 Å². The lowest BCUT2D eigenvalue weighted by Gasteiger charge is -2.40. The van der Waals surface area contributed by atoms with E-state index in [9.17, 15) is 14.0 Å². The molecule has 8 heteroatoms. The van der Waals surface area contributed by atoms with Gasteiger partial charge in [0.15, 0.2) is 12.2 Å². The normalized spacial score (nSPS) is 21.1. The second kappa shape index (κ2) is 8.47. The van der Waals surface area contributed by atoms with Crippen LogP contribution in [0.1, 0.15) is 11.1 Å². The van der Waals surface area contributed by atoms with E-state index in [1.54, 1.807) is 25.2 Å². The highest BCUT2D eigenvalue weighted by Gasteiger charge is 2.50. The lowest BCUT2D eigenvalue weighted by atomic mass is 10.1. The van der Waals surface area contributed by atoms with Gasteiger partial charge in [-0.05, 0) is 18.7 Å². The van der Waals surface area contributed by atoms with E-state index in [-0.39, 0.29) is 24.3 Å². The zero-order chi connectivity index (χ0) is 22.1. The van der Waals surface area contributed by atoms with Crippen molar-refractivity contribution in [2.45, 2.75) is 25.3 Å². The third-order valence-corrected chi connectivity index (χ3v) is 5.81. The summed E-state index contributed by atoms with van der Waals surface area (Å²) in [5.41, 5.74) is 1.64. The zero-order valence-corrected chi connectivity index (χ0v) is 17.9. The lowest BCUT2D eigenvalue weighted by molar-refractivity contribution is -0.136. The molecule has 4 rings (SSSR count). The molecule has 162 valence electrons. The van der Waals surface area contributed by atoms with Gasteiger partial charge in [0.2, 0.25) is 0 Å². The average molecular weight is 423 g/mol. The number of nitrogens with zero attached hydrogens (tertiary/aromatic N) is 5. The van der Waals surface area contributed by atoms with Gasteiger partial charge >= 0.3 is 6.03 Å². The molecule has 2 heterocycles. The van der Waals surface area contributed by atoms with Crippen molar-refractivity contribution in [3.05, 3.63) is 71.5 Å². The Bertz CT molecular complexity index is 1010. The third kappa shape index (κ3) is 4.03. The van der Waals surface area contributed by atoms with Gasteiger partial charge in [-0.15, -0.1) is 0 Å². The fraction of sp³-hybridized carbons (Fsp3) is 0.348. The van der Waals surface area contributed by atoms with Crippen LogP contribution in [-0.2, 0) is 17.9 Å². The molecule has 0 saturated carbocycles. The van der Waals surface area contributed by atoms with Gasteiger partial charge in [0.05, 0.1) is 6.54 Å². The monoisotopic (exact) mass is 423 g/mol. The molecule has 2 atom stereocenters. The Morgan fingerprint density at radius 2 is 1.68 bits per heavy atom. The Morgan fingerprint density at radius 1 is 1.00 bits per heavy atom. The van der Waals surface area contributed by atoms with Gasteiger partial charge in [0, 0.05) is 32.7 Å². The second-order valence-corrected chi connectivity index (χ2v) is 8.07. The molecule has 2 aliphatic rings. The standard InChI is InChI=1S/C23H26FN5O2/c1-26(13-16-9-5-4-6-10-16)15-19-25-21-20(22(30)28(3)23(31)27(21)2)29(19)14-17-11-7-8-12-18(17)24/h4-12,20-21H,13-15H2,1-3H3. The highest BCUT2D eigenvalue weighted by Crippen LogP contribution is 2.29. The smallest absolute Gasteiger partial charge is 0.328 e. The molecule has 1 saturated heterocycles. The quantitative estimate of drug-likeness (QED) is 0.716. The van der Waals surface area contributed by atoms with Crippen LogP contribution in [0.5, 0.6) is 0 Å². The molecule has 0 N–H and O–H groups in total. The van der Waals surface area contributed by atoms with Crippen molar-refractivity contribution in [2.75, 3.05) is 27.7 Å². The molecular formula is C23H26FN5O2. The fourth-order valence-corrected chi connectivity index (χ4v) is 4.14. The van der Waals surface area contributed by atoms with Crippen molar-refractivity contribution in [3.63, 3.8) is 0 Å². The first-order valence-corrected chi connectivity index (χ1v) is 10.2. The van der Waals surface area contributed by atoms with Crippen LogP contribution in [0, 0.1) is 5.82 Å². The van der Waals surface area contributed by atoms with Gasteiger partial charge in [-0.25, -0.2) is 14.2 Å². The van der Waals surface area contributed by atoms with Crippen molar-refractivity contribution >= 4 is 17.8 Å². The van der Waals surface area contributed by atoms with Crippen LogP contribution in [0.25, 0.3) is 0 Å². The molecule has 0 spiro atoms. The van der Waals surface area contributed by atoms with Crippen molar-refractivity contribution in [2.24, 2.45) is 4.99 Å². The van der Waals surface area contributed by atoms with E-state index in [4.69, 9.17) is 4.99 Å². The first-order chi connectivity index (χ1) is 14.9. The summed E-state index contributed by atoms with van der Waals surface area (Å²) in [7, 11) is 5.09. The molecule has 0 bridgehead atoms. The van der Waals surface area contributed by atoms with E-state index in [1.807, 2.05) is 30.1 Å². The maximum absolute atomic E-state index is 14.4. The number of fused-ring (bicyclic) bond motifs is 1. The highest BCUT2D eigenvalue weighted by molar-refractivity contribution is 6.04. The van der Waals surface area contributed by atoms with Gasteiger partial charge in [0.25, 0.3) is 5.91 Å². The summed E-state index contributed by atoms with van der Waals surface area (Å²) in [5, 5.41) is 0. The van der Waals surface area contributed by atoms with Crippen molar-refractivity contribution in [1.29, 1.82) is 0 Å². The summed E-state index contributed by atoms with van der Waals surface area (Å²) < 4.78 is 14.4. The Kier molecular flexibility index (Phi) is 5.73. The van der Waals surface area contributed by atoms with E-state index in [0.29, 0.717) is 24.5 Å². The van der Waals surface area contributed by atoms with Gasteiger partial charge < -0.3 is 9.80 Å². The molecule has 0 radical (unpaired) electrons. The van der Waals surface area contributed by atoms with Crippen LogP contribution < -0.4 is 0 Å². The molecule has 3 amide bonds. The second-order valence-electron chi connectivity index (χ2n) is 8.07. The first kappa shape index (κ1) is 21.0. The minimum Gasteiger partial charge on any atom is -0.339 e. The van der Waals surface area contributed by atoms with Crippen LogP contribution in [-0.4, -0.2) is 77.3 Å². The number of benzene rings is 2. The number of hydrogen-bond donors (Lipinski definition) is 0. The molecule has 0 aliphatic carbocycles. The molecule has 2 unspecified atom stereocenters. The maximum Gasteiger partial charge on any atom is 0.328 e. The zero-order valence-electron chi connectivity index (χ0n) is 17.9. The number of likely N-dealkylation sites (N-methyl/N-ethyl adjacent to an activating group) is 3. The van der Waals surface area contributed by atoms with Crippen LogP contribution in [0.2, 0.25) is 0 Å². The van der Waals surface area contributed by atoms with Crippen LogP contribution in [0.3, 0.4) is 0 Å². The summed E-state index contributed by atoms with van der Waals surface area (Å²) in [6.45, 7) is 1.37. The van der Waals surface area contributed by atoms with E-state index < -0.39 is 12.2 Å². The number of rotatable bonds is 6. The van der Waals surface area contributed by atoms with E-state index in [2.05, 4.69) is 17.0 Å². The molecule has 1 fully saturated rings. The summed E-state index contributed by atoms with van der Waals surface area (Å²) in [5.74, 6) is 0.0119. The molecule has 7 nitrogen and oxygen atoms in total. The number of aliphatic imine (C=N–C) groups is 1. The highest BCUT2D eigenvalue weighted by atomic mass is 19.1. The van der Waals surface area contributed by atoms with Gasteiger partial charge in [0.1, 0.15) is 11.7 Å². The number of amidine groups is 1. The number of hydrogen-bond acceptors (Lipinski definition) is 5. The Balaban J connectivity index is 1.62. The topological polar surface area (TPSA) is 59.5 Å². The summed E-state index contributed by atoms with van der Waals surface area (Å²) in [4.78, 5) is 36.7. The molecule has 2 aliphatic heterocycles. The molecule has 2 aromatic rings. The molecular weight excluding hydrogens is 397 g/mol. The predicted molar refractivity (Wildman–Crippen MR) is 116 cm³/mol. The van der Waals surface area contributed by atoms with Crippen LogP contribution in [0.15, 0.2) is 59.6 Å². The Morgan fingerprint density at radius 3 is 2.39 bits per heavy atom. The van der Waals surface area contributed by atoms with Gasteiger partial charge in [-0.2, -0.15) is 0 Å². The fourth-order valence-electron chi connectivity index (χ4n) is 4.14. The lowest BCUT2D eigenvalue weighted by Crippen LogP contribution is -2.64. The Labute approximate surface area is 181 Å². The maximum atomic E-state index is 14.4. The van der Waals surface area contributed by atoms with Crippen molar-refractivity contribution in [3.8, 4) is 0 Å². The third-order valence-electron chi connectivity index (χ3n) is 5.81. The minimum absolute atomic E-state index is 0.202. The number of amides is 3. The molecule has 31 heavy (non-hydrogen) atoms. The SMILES string of the molecule is CN(CC1=NC2C(C(=O)N(C)C(=O)N2C)N1Cc1ccccc1F)Cc1ccccc1. The number of carbonyl (C=O) groups is 2. The van der Waals surface area contributed by atoms with E-state index in [1.165, 1.54) is 18.0 Å². The summed E-state index contributed by atoms with van der Waals surface area (Å²) >= 11 is 0. The van der Waals surface area contributed by atoms with E-state index in [0.717, 1.165) is 10.5 Å². The largest absolute Gasteiger partial charge is 0.339 e. The number of carbonyl (C=O) groups excluding carboxylic acids is 2. The van der Waals surface area contributed by atoms with Crippen LogP contribution >= 0.6 is 0 Å². The number of urea groups is 1. The first-order valence-electron chi connectivity index (χ1n) is 10.2. The van der Waals surface area contributed by atoms with E-state index >= 15 is 0 Å². The summed E-state index contributed by atoms with van der Waals surface area (Å²) in [6.07, 6.45) is -0.622. The minimum atomic E-state index is -0.674. The molecule has 2 aromatic carbocycles. The van der Waals surface area contributed by atoms with Gasteiger partial charge in [-0.1, -0.05) is 48.5 Å². The molecule has 0 aromatic heterocycles. The van der Waals surface area contributed by atoms with Crippen LogP contribution in [0.4, 0.5) is 9.18 Å². The Hall–Kier alpha value is -3.26. The summed E-state index contributed by atoms with van der Waals surface area (Å²) in [6, 6.07) is 15.5. The number of imide groups is 1. The average Bonchev–Trinajstić information content (AvgIpc) is 3.11. The number of halogens is 1. The van der Waals surface area contributed by atoms with Crippen molar-refractivity contribution < 1.29 is 14.0 Å². The van der Waals surface area contributed by atoms with Crippen molar-refractivity contribution in [1.82, 2.24) is 19.6 Å².